The van der Waals surface area contributed by atoms with Crippen molar-refractivity contribution in [2.24, 2.45) is 0 Å². The lowest BCUT2D eigenvalue weighted by molar-refractivity contribution is 0.0940. The Hall–Kier alpha value is -2.15. The average Bonchev–Trinajstić information content (AvgIpc) is 2.38. The lowest BCUT2D eigenvalue weighted by Gasteiger charge is -2.12. The summed E-state index contributed by atoms with van der Waals surface area (Å²) in [5, 5.41) is 2.81. The molecule has 0 saturated heterocycles. The minimum Gasteiger partial charge on any atom is -0.493 e. The number of rotatable bonds is 5. The molecule has 4 nitrogen and oxygen atoms in total. The Morgan fingerprint density at radius 1 is 1.39 bits per heavy atom. The van der Waals surface area contributed by atoms with Crippen molar-refractivity contribution in [2.75, 3.05) is 14.2 Å². The van der Waals surface area contributed by atoms with E-state index in [1.807, 2.05) is 6.92 Å². The highest BCUT2D eigenvalue weighted by Gasteiger charge is 2.12. The van der Waals surface area contributed by atoms with E-state index in [0.29, 0.717) is 23.5 Å². The van der Waals surface area contributed by atoms with Crippen molar-refractivity contribution in [3.63, 3.8) is 0 Å². The third kappa shape index (κ3) is 3.42. The van der Waals surface area contributed by atoms with Gasteiger partial charge in [0.25, 0.3) is 5.91 Å². The predicted octanol–water partition coefficient (Wildman–Crippen LogP) is 1.85. The van der Waals surface area contributed by atoms with E-state index in [1.54, 1.807) is 25.3 Å². The minimum atomic E-state index is -0.182. The molecule has 1 atom stereocenters. The zero-order valence-corrected chi connectivity index (χ0v) is 10.8. The normalized spacial score (nSPS) is 11.2. The molecule has 4 heteroatoms. The molecule has 0 aliphatic carbocycles. The van der Waals surface area contributed by atoms with E-state index in [-0.39, 0.29) is 11.9 Å². The summed E-state index contributed by atoms with van der Waals surface area (Å²) in [7, 11) is 3.08. The molecule has 1 N–H and O–H groups in total. The van der Waals surface area contributed by atoms with Gasteiger partial charge in [-0.2, -0.15) is 0 Å². The Morgan fingerprint density at radius 3 is 2.61 bits per heavy atom. The van der Waals surface area contributed by atoms with E-state index >= 15 is 0 Å². The largest absolute Gasteiger partial charge is 0.493 e. The number of amides is 1. The molecule has 0 heterocycles. The fraction of sp³-hybridized carbons (Fsp3) is 0.357. The fourth-order valence-electron chi connectivity index (χ4n) is 1.51. The third-order valence-electron chi connectivity index (χ3n) is 2.45. The first-order chi connectivity index (χ1) is 8.62. The van der Waals surface area contributed by atoms with Gasteiger partial charge in [-0.25, -0.2) is 0 Å². The maximum atomic E-state index is 11.9. The number of hydrogen-bond acceptors (Lipinski definition) is 3. The van der Waals surface area contributed by atoms with Crippen LogP contribution in [0.15, 0.2) is 18.2 Å². The summed E-state index contributed by atoms with van der Waals surface area (Å²) < 4.78 is 10.2. The average molecular weight is 247 g/mol. The molecule has 0 aliphatic rings. The van der Waals surface area contributed by atoms with Crippen molar-refractivity contribution >= 4 is 5.91 Å². The highest BCUT2D eigenvalue weighted by Crippen LogP contribution is 2.27. The Morgan fingerprint density at radius 2 is 2.06 bits per heavy atom. The molecule has 0 saturated carbocycles. The second-order valence-corrected chi connectivity index (χ2v) is 3.85. The van der Waals surface area contributed by atoms with Crippen LogP contribution in [0, 0.1) is 12.3 Å². The van der Waals surface area contributed by atoms with Crippen LogP contribution in [0.2, 0.25) is 0 Å². The Kier molecular flexibility index (Phi) is 5.06. The summed E-state index contributed by atoms with van der Waals surface area (Å²) in [4.78, 5) is 11.9. The summed E-state index contributed by atoms with van der Waals surface area (Å²) in [6.45, 7) is 1.86. The number of methoxy groups -OCH3 is 2. The van der Waals surface area contributed by atoms with Crippen molar-refractivity contribution in [3.05, 3.63) is 23.8 Å². The summed E-state index contributed by atoms with van der Waals surface area (Å²) in [6, 6.07) is 4.95. The maximum Gasteiger partial charge on any atom is 0.251 e. The zero-order chi connectivity index (χ0) is 13.5. The van der Waals surface area contributed by atoms with Crippen molar-refractivity contribution < 1.29 is 14.3 Å². The molecule has 1 rings (SSSR count). The summed E-state index contributed by atoms with van der Waals surface area (Å²) in [5.41, 5.74) is 0.511. The van der Waals surface area contributed by atoms with Gasteiger partial charge in [0.1, 0.15) is 0 Å². The van der Waals surface area contributed by atoms with Crippen LogP contribution >= 0.6 is 0 Å². The second kappa shape index (κ2) is 6.55. The topological polar surface area (TPSA) is 47.6 Å². The number of ether oxygens (including phenoxy) is 2. The Labute approximate surface area is 107 Å². The molecule has 0 bridgehead atoms. The molecule has 0 aromatic heterocycles. The van der Waals surface area contributed by atoms with Gasteiger partial charge in [0.15, 0.2) is 11.5 Å². The Balaban J connectivity index is 2.84. The first-order valence-electron chi connectivity index (χ1n) is 5.58. The van der Waals surface area contributed by atoms with Crippen molar-refractivity contribution in [2.45, 2.75) is 19.4 Å². The molecular formula is C14H17NO3. The molecule has 1 aromatic carbocycles. The van der Waals surface area contributed by atoms with Gasteiger partial charge in [-0.1, -0.05) is 0 Å². The number of nitrogens with one attached hydrogen (secondary N) is 1. The summed E-state index contributed by atoms with van der Waals surface area (Å²) in [6.07, 6.45) is 5.69. The number of terminal acetylenes is 1. The predicted molar refractivity (Wildman–Crippen MR) is 69.9 cm³/mol. The van der Waals surface area contributed by atoms with E-state index < -0.39 is 0 Å². The molecule has 0 spiro atoms. The van der Waals surface area contributed by atoms with Gasteiger partial charge in [0, 0.05) is 18.0 Å². The fourth-order valence-corrected chi connectivity index (χ4v) is 1.51. The molecule has 1 aromatic rings. The molecule has 0 aliphatic heterocycles. The lowest BCUT2D eigenvalue weighted by Crippen LogP contribution is -2.32. The highest BCUT2D eigenvalue weighted by molar-refractivity contribution is 5.95. The van der Waals surface area contributed by atoms with Crippen molar-refractivity contribution in [1.29, 1.82) is 0 Å². The van der Waals surface area contributed by atoms with Crippen LogP contribution in [0.25, 0.3) is 0 Å². The summed E-state index contributed by atoms with van der Waals surface area (Å²) >= 11 is 0. The van der Waals surface area contributed by atoms with Crippen LogP contribution in [0.4, 0.5) is 0 Å². The monoisotopic (exact) mass is 247 g/mol. The van der Waals surface area contributed by atoms with Crippen molar-refractivity contribution in [3.8, 4) is 23.8 Å². The molecule has 0 radical (unpaired) electrons. The third-order valence-corrected chi connectivity index (χ3v) is 2.45. The van der Waals surface area contributed by atoms with Crippen LogP contribution in [-0.2, 0) is 0 Å². The van der Waals surface area contributed by atoms with Crippen LogP contribution in [0.1, 0.15) is 23.7 Å². The van der Waals surface area contributed by atoms with E-state index in [0.717, 1.165) is 0 Å². The first-order valence-corrected chi connectivity index (χ1v) is 5.58. The lowest BCUT2D eigenvalue weighted by atomic mass is 10.1. The van der Waals surface area contributed by atoms with E-state index in [9.17, 15) is 4.79 Å². The van der Waals surface area contributed by atoms with Crippen LogP contribution in [-0.4, -0.2) is 26.2 Å². The maximum absolute atomic E-state index is 11.9. The first kappa shape index (κ1) is 13.9. The van der Waals surface area contributed by atoms with Gasteiger partial charge in [-0.15, -0.1) is 12.3 Å². The summed E-state index contributed by atoms with van der Waals surface area (Å²) in [5.74, 6) is 3.44. The van der Waals surface area contributed by atoms with Gasteiger partial charge in [0.05, 0.1) is 14.2 Å². The highest BCUT2D eigenvalue weighted by atomic mass is 16.5. The van der Waals surface area contributed by atoms with Crippen LogP contribution < -0.4 is 14.8 Å². The minimum absolute atomic E-state index is 0.0596. The van der Waals surface area contributed by atoms with Crippen LogP contribution in [0.3, 0.4) is 0 Å². The number of benzene rings is 1. The molecule has 1 amide bonds. The smallest absolute Gasteiger partial charge is 0.251 e. The number of carbonyl (C=O) groups excluding carboxylic acids is 1. The molecule has 0 fully saturated rings. The quantitative estimate of drug-likeness (QED) is 0.808. The molecule has 96 valence electrons. The van der Waals surface area contributed by atoms with Gasteiger partial charge in [-0.3, -0.25) is 4.79 Å². The molecular weight excluding hydrogens is 230 g/mol. The number of hydrogen-bond donors (Lipinski definition) is 1. The van der Waals surface area contributed by atoms with Crippen molar-refractivity contribution in [1.82, 2.24) is 5.32 Å². The Bertz CT molecular complexity index is 463. The van der Waals surface area contributed by atoms with Gasteiger partial charge in [0.2, 0.25) is 0 Å². The van der Waals surface area contributed by atoms with Crippen LogP contribution in [0.5, 0.6) is 11.5 Å². The number of carbonyl (C=O) groups is 1. The van der Waals surface area contributed by atoms with Gasteiger partial charge in [-0.05, 0) is 25.1 Å². The molecule has 18 heavy (non-hydrogen) atoms. The van der Waals surface area contributed by atoms with E-state index in [1.165, 1.54) is 7.11 Å². The zero-order valence-electron chi connectivity index (χ0n) is 10.8. The standard InChI is InChI=1S/C14H17NO3/c1-5-6-10(2)15-14(16)11-7-8-12(17-3)13(9-11)18-4/h1,7-10H,6H2,2-4H3,(H,15,16). The SMILES string of the molecule is C#CCC(C)NC(=O)c1ccc(OC)c(OC)c1. The van der Waals surface area contributed by atoms with E-state index in [2.05, 4.69) is 11.2 Å². The molecule has 1 unspecified atom stereocenters. The van der Waals surface area contributed by atoms with Gasteiger partial charge >= 0.3 is 0 Å². The van der Waals surface area contributed by atoms with E-state index in [4.69, 9.17) is 15.9 Å². The second-order valence-electron chi connectivity index (χ2n) is 3.85. The van der Waals surface area contributed by atoms with Gasteiger partial charge < -0.3 is 14.8 Å².